The lowest BCUT2D eigenvalue weighted by Gasteiger charge is -2.08. The average Bonchev–Trinajstić information content (AvgIpc) is 2.33. The first-order chi connectivity index (χ1) is 8.19. The van der Waals surface area contributed by atoms with Crippen LogP contribution >= 0.6 is 0 Å². The minimum absolute atomic E-state index is 0.0569. The van der Waals surface area contributed by atoms with E-state index in [1.165, 1.54) is 18.2 Å². The second kappa shape index (κ2) is 6.70. The zero-order valence-electron chi connectivity index (χ0n) is 9.72. The summed E-state index contributed by atoms with van der Waals surface area (Å²) in [5.74, 6) is 0.749. The van der Waals surface area contributed by atoms with Gasteiger partial charge in [-0.3, -0.25) is 10.1 Å². The van der Waals surface area contributed by atoms with Gasteiger partial charge >= 0.3 is 5.69 Å². The third-order valence-corrected chi connectivity index (χ3v) is 1.98. The molecule has 0 aromatic heterocycles. The summed E-state index contributed by atoms with van der Waals surface area (Å²) in [5, 5.41) is 10.8. The third kappa shape index (κ3) is 3.92. The van der Waals surface area contributed by atoms with Crippen LogP contribution in [-0.4, -0.2) is 24.7 Å². The Bertz CT molecular complexity index is 382. The normalized spacial score (nSPS) is 10.0. The summed E-state index contributed by atoms with van der Waals surface area (Å²) in [7, 11) is 0. The zero-order chi connectivity index (χ0) is 12.7. The number of benzene rings is 1. The van der Waals surface area contributed by atoms with Crippen molar-refractivity contribution in [2.24, 2.45) is 5.73 Å². The van der Waals surface area contributed by atoms with E-state index in [4.69, 9.17) is 15.2 Å². The van der Waals surface area contributed by atoms with E-state index < -0.39 is 4.92 Å². The second-order valence-electron chi connectivity index (χ2n) is 3.37. The van der Waals surface area contributed by atoms with Gasteiger partial charge in [-0.05, 0) is 12.5 Å². The van der Waals surface area contributed by atoms with Gasteiger partial charge in [-0.15, -0.1) is 0 Å². The van der Waals surface area contributed by atoms with Crippen molar-refractivity contribution in [3.05, 3.63) is 28.3 Å². The maximum absolute atomic E-state index is 10.8. The molecule has 2 N–H and O–H groups in total. The Hall–Kier alpha value is -1.82. The summed E-state index contributed by atoms with van der Waals surface area (Å²) in [6, 6.07) is 4.42. The van der Waals surface area contributed by atoms with Crippen molar-refractivity contribution in [2.75, 3.05) is 19.8 Å². The smallest absolute Gasteiger partial charge is 0.311 e. The number of rotatable bonds is 7. The molecule has 0 amide bonds. The van der Waals surface area contributed by atoms with Crippen LogP contribution in [0.15, 0.2) is 18.2 Å². The van der Waals surface area contributed by atoms with Crippen LogP contribution in [0.3, 0.4) is 0 Å². The number of hydrogen-bond donors (Lipinski definition) is 1. The fourth-order valence-corrected chi connectivity index (χ4v) is 1.24. The molecule has 0 saturated heterocycles. The maximum Gasteiger partial charge on any atom is 0.311 e. The first-order valence-electron chi connectivity index (χ1n) is 5.43. The van der Waals surface area contributed by atoms with E-state index in [2.05, 4.69) is 0 Å². The molecule has 0 fully saturated rings. The first-order valence-corrected chi connectivity index (χ1v) is 5.43. The van der Waals surface area contributed by atoms with E-state index in [0.717, 1.165) is 6.42 Å². The van der Waals surface area contributed by atoms with Gasteiger partial charge in [0.15, 0.2) is 0 Å². The number of nitrogens with zero attached hydrogens (tertiary/aromatic N) is 1. The molecule has 6 nitrogen and oxygen atoms in total. The number of nitrogens with two attached hydrogens (primary N) is 1. The predicted octanol–water partition coefficient (Wildman–Crippen LogP) is 1.72. The SMILES string of the molecule is CCCOc1cc(OCCN)ccc1[N+](=O)[O-]. The summed E-state index contributed by atoms with van der Waals surface area (Å²) in [6.45, 7) is 3.12. The van der Waals surface area contributed by atoms with Crippen LogP contribution in [0.25, 0.3) is 0 Å². The van der Waals surface area contributed by atoms with Crippen LogP contribution < -0.4 is 15.2 Å². The van der Waals surface area contributed by atoms with Crippen LogP contribution in [0.4, 0.5) is 5.69 Å². The van der Waals surface area contributed by atoms with E-state index in [0.29, 0.717) is 25.5 Å². The highest BCUT2D eigenvalue weighted by molar-refractivity contribution is 5.50. The van der Waals surface area contributed by atoms with Gasteiger partial charge in [0.25, 0.3) is 0 Å². The number of nitro benzene ring substituents is 1. The van der Waals surface area contributed by atoms with Crippen molar-refractivity contribution in [1.29, 1.82) is 0 Å². The van der Waals surface area contributed by atoms with Crippen molar-refractivity contribution in [1.82, 2.24) is 0 Å². The van der Waals surface area contributed by atoms with Gasteiger partial charge in [0.05, 0.1) is 11.5 Å². The summed E-state index contributed by atoms with van der Waals surface area (Å²) in [6.07, 6.45) is 0.783. The average molecular weight is 240 g/mol. The molecular weight excluding hydrogens is 224 g/mol. The second-order valence-corrected chi connectivity index (χ2v) is 3.37. The molecule has 1 aromatic rings. The molecule has 1 aromatic carbocycles. The highest BCUT2D eigenvalue weighted by Crippen LogP contribution is 2.31. The Labute approximate surface area is 99.5 Å². The molecular formula is C11H16N2O4. The van der Waals surface area contributed by atoms with E-state index in [9.17, 15) is 10.1 Å². The van der Waals surface area contributed by atoms with Gasteiger partial charge in [-0.2, -0.15) is 0 Å². The minimum atomic E-state index is -0.474. The van der Waals surface area contributed by atoms with E-state index in [1.54, 1.807) is 0 Å². The molecule has 94 valence electrons. The lowest BCUT2D eigenvalue weighted by atomic mass is 10.3. The highest BCUT2D eigenvalue weighted by atomic mass is 16.6. The van der Waals surface area contributed by atoms with Gasteiger partial charge in [0.2, 0.25) is 5.75 Å². The van der Waals surface area contributed by atoms with Crippen molar-refractivity contribution in [3.63, 3.8) is 0 Å². The Morgan fingerprint density at radius 3 is 2.71 bits per heavy atom. The van der Waals surface area contributed by atoms with Gasteiger partial charge in [-0.25, -0.2) is 0 Å². The summed E-state index contributed by atoms with van der Waals surface area (Å²) in [4.78, 5) is 10.3. The standard InChI is InChI=1S/C11H16N2O4/c1-2-6-17-11-8-9(16-7-5-12)3-4-10(11)13(14)15/h3-4,8H,2,5-7,12H2,1H3. The van der Waals surface area contributed by atoms with Crippen molar-refractivity contribution >= 4 is 5.69 Å². The van der Waals surface area contributed by atoms with Gasteiger partial charge in [-0.1, -0.05) is 6.92 Å². The summed E-state index contributed by atoms with van der Waals surface area (Å²) >= 11 is 0. The van der Waals surface area contributed by atoms with Crippen LogP contribution in [0, 0.1) is 10.1 Å². The van der Waals surface area contributed by atoms with Crippen LogP contribution in [-0.2, 0) is 0 Å². The van der Waals surface area contributed by atoms with Gasteiger partial charge in [0, 0.05) is 18.7 Å². The van der Waals surface area contributed by atoms with Crippen molar-refractivity contribution in [3.8, 4) is 11.5 Å². The Balaban J connectivity index is 2.88. The number of nitro groups is 1. The Kier molecular flexibility index (Phi) is 5.22. The number of hydrogen-bond acceptors (Lipinski definition) is 5. The fourth-order valence-electron chi connectivity index (χ4n) is 1.24. The molecule has 0 spiro atoms. The molecule has 6 heteroatoms. The largest absolute Gasteiger partial charge is 0.492 e. The molecule has 0 aliphatic heterocycles. The van der Waals surface area contributed by atoms with Crippen molar-refractivity contribution in [2.45, 2.75) is 13.3 Å². The van der Waals surface area contributed by atoms with Crippen LogP contribution in [0.5, 0.6) is 11.5 Å². The van der Waals surface area contributed by atoms with E-state index >= 15 is 0 Å². The predicted molar refractivity (Wildman–Crippen MR) is 63.4 cm³/mol. The Morgan fingerprint density at radius 1 is 1.35 bits per heavy atom. The molecule has 0 heterocycles. The van der Waals surface area contributed by atoms with Crippen LogP contribution in [0.2, 0.25) is 0 Å². The van der Waals surface area contributed by atoms with E-state index in [-0.39, 0.29) is 11.4 Å². The van der Waals surface area contributed by atoms with Gasteiger partial charge < -0.3 is 15.2 Å². The molecule has 0 atom stereocenters. The molecule has 0 aliphatic carbocycles. The summed E-state index contributed by atoms with van der Waals surface area (Å²) < 4.78 is 10.6. The number of ether oxygens (including phenoxy) is 2. The van der Waals surface area contributed by atoms with Crippen LogP contribution in [0.1, 0.15) is 13.3 Å². The molecule has 0 unspecified atom stereocenters. The summed E-state index contributed by atoms with van der Waals surface area (Å²) in [5.41, 5.74) is 5.25. The first kappa shape index (κ1) is 13.2. The molecule has 0 bridgehead atoms. The quantitative estimate of drug-likeness (QED) is 0.579. The Morgan fingerprint density at radius 2 is 2.12 bits per heavy atom. The topological polar surface area (TPSA) is 87.6 Å². The molecule has 0 radical (unpaired) electrons. The minimum Gasteiger partial charge on any atom is -0.492 e. The van der Waals surface area contributed by atoms with Gasteiger partial charge in [0.1, 0.15) is 12.4 Å². The molecule has 17 heavy (non-hydrogen) atoms. The lowest BCUT2D eigenvalue weighted by Crippen LogP contribution is -2.10. The zero-order valence-corrected chi connectivity index (χ0v) is 9.72. The lowest BCUT2D eigenvalue weighted by molar-refractivity contribution is -0.385. The van der Waals surface area contributed by atoms with E-state index in [1.807, 2.05) is 6.92 Å². The van der Waals surface area contributed by atoms with Crippen molar-refractivity contribution < 1.29 is 14.4 Å². The molecule has 0 saturated carbocycles. The third-order valence-electron chi connectivity index (χ3n) is 1.98. The monoisotopic (exact) mass is 240 g/mol. The molecule has 1 rings (SSSR count). The fraction of sp³-hybridized carbons (Fsp3) is 0.455. The highest BCUT2D eigenvalue weighted by Gasteiger charge is 2.15. The maximum atomic E-state index is 10.8. The molecule has 0 aliphatic rings.